The smallest absolute Gasteiger partial charge is 0.264 e. The minimum atomic E-state index is -4.19. The number of rotatable bonds is 13. The highest BCUT2D eigenvalue weighted by molar-refractivity contribution is 7.92. The molecule has 1 N–H and O–H groups in total. The van der Waals surface area contributed by atoms with Gasteiger partial charge in [-0.3, -0.25) is 13.9 Å². The van der Waals surface area contributed by atoms with Crippen molar-refractivity contribution in [2.24, 2.45) is 5.92 Å². The zero-order valence-electron chi connectivity index (χ0n) is 26.4. The molecule has 2 amide bonds. The Bertz CT molecular complexity index is 1770. The van der Waals surface area contributed by atoms with Crippen LogP contribution in [0.5, 0.6) is 0 Å². The van der Waals surface area contributed by atoms with Crippen LogP contribution in [0.15, 0.2) is 102 Å². The van der Waals surface area contributed by atoms with Crippen LogP contribution in [0.2, 0.25) is 10.0 Å². The first-order valence-electron chi connectivity index (χ1n) is 15.1. The summed E-state index contributed by atoms with van der Waals surface area (Å²) in [6.07, 6.45) is 0.205. The summed E-state index contributed by atoms with van der Waals surface area (Å²) >= 11 is 12.8. The Morgan fingerprint density at radius 1 is 0.848 bits per heavy atom. The maximum absolute atomic E-state index is 14.6. The van der Waals surface area contributed by atoms with E-state index in [1.54, 1.807) is 42.5 Å². The first kappa shape index (κ1) is 35.0. The van der Waals surface area contributed by atoms with E-state index in [-0.39, 0.29) is 29.7 Å². The molecule has 0 aliphatic rings. The molecule has 7 nitrogen and oxygen atoms in total. The van der Waals surface area contributed by atoms with Gasteiger partial charge in [0.2, 0.25) is 11.8 Å². The summed E-state index contributed by atoms with van der Waals surface area (Å²) in [5, 5.41) is 3.74. The van der Waals surface area contributed by atoms with Crippen molar-refractivity contribution in [2.75, 3.05) is 17.4 Å². The first-order chi connectivity index (χ1) is 21.9. The van der Waals surface area contributed by atoms with Crippen LogP contribution in [0.4, 0.5) is 5.69 Å². The third kappa shape index (κ3) is 8.90. The van der Waals surface area contributed by atoms with E-state index in [0.717, 1.165) is 15.4 Å². The molecule has 0 saturated carbocycles. The van der Waals surface area contributed by atoms with Gasteiger partial charge in [0.05, 0.1) is 10.6 Å². The van der Waals surface area contributed by atoms with Crippen molar-refractivity contribution >= 4 is 50.7 Å². The predicted molar refractivity (Wildman–Crippen MR) is 186 cm³/mol. The molecule has 0 heterocycles. The molecule has 0 aliphatic heterocycles. The summed E-state index contributed by atoms with van der Waals surface area (Å²) in [6.45, 7) is 7.51. The summed E-state index contributed by atoms with van der Waals surface area (Å²) in [5.41, 5.74) is 3.42. The quantitative estimate of drug-likeness (QED) is 0.162. The third-order valence-electron chi connectivity index (χ3n) is 7.54. The number of carbonyl (C=O) groups is 2. The van der Waals surface area contributed by atoms with Crippen LogP contribution in [0.1, 0.15) is 36.1 Å². The molecular weight excluding hydrogens is 641 g/mol. The Balaban J connectivity index is 1.84. The van der Waals surface area contributed by atoms with Crippen molar-refractivity contribution in [2.45, 2.75) is 51.6 Å². The van der Waals surface area contributed by atoms with Gasteiger partial charge in [0.15, 0.2) is 0 Å². The SMILES string of the molecule is Cc1ccc(N(CC(=O)N(Cc2ccc(Cl)cc2Cl)[C@@H](Cc2ccccc2)C(=O)NCC(C)C)S(=O)(=O)c2ccccc2)c(C)c1. The van der Waals surface area contributed by atoms with Crippen LogP contribution in [-0.4, -0.2) is 44.3 Å². The van der Waals surface area contributed by atoms with Gasteiger partial charge in [-0.1, -0.05) is 109 Å². The fourth-order valence-electron chi connectivity index (χ4n) is 5.13. The number of hydrogen-bond donors (Lipinski definition) is 1. The molecule has 1 atom stereocenters. The first-order valence-corrected chi connectivity index (χ1v) is 17.3. The molecule has 0 unspecified atom stereocenters. The van der Waals surface area contributed by atoms with Crippen molar-refractivity contribution < 1.29 is 18.0 Å². The number of nitrogens with zero attached hydrogens (tertiary/aromatic N) is 2. The Morgan fingerprint density at radius 3 is 2.11 bits per heavy atom. The average molecular weight is 681 g/mol. The number of carbonyl (C=O) groups excluding carboxylic acids is 2. The number of anilines is 1. The normalized spacial score (nSPS) is 12.1. The van der Waals surface area contributed by atoms with Crippen molar-refractivity contribution in [3.63, 3.8) is 0 Å². The lowest BCUT2D eigenvalue weighted by Crippen LogP contribution is -2.53. The monoisotopic (exact) mass is 679 g/mol. The lowest BCUT2D eigenvalue weighted by Gasteiger charge is -2.34. The van der Waals surface area contributed by atoms with Gasteiger partial charge in [-0.15, -0.1) is 0 Å². The largest absolute Gasteiger partial charge is 0.354 e. The van der Waals surface area contributed by atoms with Crippen LogP contribution in [0.25, 0.3) is 0 Å². The van der Waals surface area contributed by atoms with E-state index in [1.165, 1.54) is 17.0 Å². The van der Waals surface area contributed by atoms with Gasteiger partial charge in [0.25, 0.3) is 10.0 Å². The molecule has 0 aromatic heterocycles. The summed E-state index contributed by atoms with van der Waals surface area (Å²) in [5.74, 6) is -0.738. The van der Waals surface area contributed by atoms with Gasteiger partial charge in [-0.25, -0.2) is 8.42 Å². The van der Waals surface area contributed by atoms with E-state index in [0.29, 0.717) is 33.4 Å². The summed E-state index contributed by atoms with van der Waals surface area (Å²) in [7, 11) is -4.19. The molecule has 4 rings (SSSR count). The molecule has 4 aromatic carbocycles. The fraction of sp³-hybridized carbons (Fsp3) is 0.278. The van der Waals surface area contributed by atoms with Gasteiger partial charge in [0.1, 0.15) is 12.6 Å². The lowest BCUT2D eigenvalue weighted by molar-refractivity contribution is -0.140. The molecule has 0 bridgehead atoms. The van der Waals surface area contributed by atoms with Gasteiger partial charge in [-0.2, -0.15) is 0 Å². The highest BCUT2D eigenvalue weighted by Crippen LogP contribution is 2.29. The number of aryl methyl sites for hydroxylation is 2. The lowest BCUT2D eigenvalue weighted by atomic mass is 10.0. The molecule has 10 heteroatoms. The second-order valence-corrected chi connectivity index (χ2v) is 14.4. The minimum Gasteiger partial charge on any atom is -0.354 e. The maximum atomic E-state index is 14.6. The van der Waals surface area contributed by atoms with Gasteiger partial charge in [-0.05, 0) is 66.8 Å². The number of hydrogen-bond acceptors (Lipinski definition) is 4. The van der Waals surface area contributed by atoms with Crippen LogP contribution < -0.4 is 9.62 Å². The van der Waals surface area contributed by atoms with Gasteiger partial charge in [0, 0.05) is 29.6 Å². The molecule has 0 aliphatic carbocycles. The van der Waals surface area contributed by atoms with Crippen LogP contribution >= 0.6 is 23.2 Å². The molecule has 0 spiro atoms. The fourth-order valence-corrected chi connectivity index (χ4v) is 7.10. The van der Waals surface area contributed by atoms with Crippen molar-refractivity contribution in [3.05, 3.63) is 129 Å². The van der Waals surface area contributed by atoms with E-state index in [9.17, 15) is 18.0 Å². The van der Waals surface area contributed by atoms with Crippen LogP contribution in [0.3, 0.4) is 0 Å². The van der Waals surface area contributed by atoms with E-state index < -0.39 is 28.5 Å². The Kier molecular flexibility index (Phi) is 11.9. The second-order valence-electron chi connectivity index (χ2n) is 11.7. The minimum absolute atomic E-state index is 0.0468. The zero-order chi connectivity index (χ0) is 33.4. The van der Waals surface area contributed by atoms with Crippen LogP contribution in [-0.2, 0) is 32.6 Å². The summed E-state index contributed by atoms with van der Waals surface area (Å²) < 4.78 is 29.5. The third-order valence-corrected chi connectivity index (χ3v) is 9.90. The number of benzene rings is 4. The molecule has 4 aromatic rings. The van der Waals surface area contributed by atoms with Crippen molar-refractivity contribution in [1.29, 1.82) is 0 Å². The van der Waals surface area contributed by atoms with Gasteiger partial charge < -0.3 is 10.2 Å². The molecule has 0 fully saturated rings. The Hall–Kier alpha value is -3.85. The maximum Gasteiger partial charge on any atom is 0.264 e. The zero-order valence-corrected chi connectivity index (χ0v) is 28.7. The second kappa shape index (κ2) is 15.6. The Morgan fingerprint density at radius 2 is 1.50 bits per heavy atom. The molecule has 242 valence electrons. The Labute approximate surface area is 282 Å². The van der Waals surface area contributed by atoms with Crippen molar-refractivity contribution in [1.82, 2.24) is 10.2 Å². The van der Waals surface area contributed by atoms with Crippen LogP contribution in [0, 0.1) is 19.8 Å². The number of sulfonamides is 1. The number of nitrogens with one attached hydrogen (secondary N) is 1. The molecular formula is C36H39Cl2N3O4S. The highest BCUT2D eigenvalue weighted by Gasteiger charge is 2.35. The van der Waals surface area contributed by atoms with Crippen molar-refractivity contribution in [3.8, 4) is 0 Å². The molecule has 46 heavy (non-hydrogen) atoms. The molecule has 0 radical (unpaired) electrons. The standard InChI is InChI=1S/C36H39Cl2N3O4S/c1-25(2)22-39-36(43)34(20-28-11-7-5-8-12-28)40(23-29-16-17-30(37)21-32(29)38)35(42)24-41(33-18-15-26(3)19-27(33)4)46(44,45)31-13-9-6-10-14-31/h5-19,21,25,34H,20,22-24H2,1-4H3,(H,39,43)/t34-/m0/s1. The summed E-state index contributed by atoms with van der Waals surface area (Å²) in [4.78, 5) is 30.0. The van der Waals surface area contributed by atoms with E-state index in [1.807, 2.05) is 70.2 Å². The van der Waals surface area contributed by atoms with Gasteiger partial charge >= 0.3 is 0 Å². The number of halogens is 2. The van der Waals surface area contributed by atoms with E-state index in [4.69, 9.17) is 23.2 Å². The van der Waals surface area contributed by atoms with E-state index in [2.05, 4.69) is 5.32 Å². The topological polar surface area (TPSA) is 86.8 Å². The predicted octanol–water partition coefficient (Wildman–Crippen LogP) is 7.22. The van der Waals surface area contributed by atoms with E-state index >= 15 is 0 Å². The number of amides is 2. The average Bonchev–Trinajstić information content (AvgIpc) is 3.02. The highest BCUT2D eigenvalue weighted by atomic mass is 35.5. The molecule has 0 saturated heterocycles. The summed E-state index contributed by atoms with van der Waals surface area (Å²) in [6, 6.07) is 26.8.